The first kappa shape index (κ1) is 12.2. The monoisotopic (exact) mass is 259 g/mol. The van der Waals surface area contributed by atoms with Crippen molar-refractivity contribution >= 4 is 23.2 Å². The van der Waals surface area contributed by atoms with Crippen LogP contribution in [-0.2, 0) is 11.2 Å². The van der Waals surface area contributed by atoms with Gasteiger partial charge in [0.15, 0.2) is 0 Å². The van der Waals surface area contributed by atoms with Gasteiger partial charge in [0.1, 0.15) is 0 Å². The first-order chi connectivity index (χ1) is 7.66. The summed E-state index contributed by atoms with van der Waals surface area (Å²) in [6, 6.07) is 5.73. The first-order valence-corrected chi connectivity index (χ1v) is 6.19. The van der Waals surface area contributed by atoms with Gasteiger partial charge in [0.2, 0.25) is 0 Å². The van der Waals surface area contributed by atoms with Gasteiger partial charge in [-0.15, -0.1) is 0 Å². The summed E-state index contributed by atoms with van der Waals surface area (Å²) < 4.78 is 5.44. The van der Waals surface area contributed by atoms with Gasteiger partial charge in [0, 0.05) is 28.6 Å². The topological polar surface area (TPSA) is 35.2 Å². The Hall–Kier alpha value is -0.280. The summed E-state index contributed by atoms with van der Waals surface area (Å²) >= 11 is 12.1. The molecule has 0 amide bonds. The second kappa shape index (κ2) is 5.37. The zero-order valence-corrected chi connectivity index (χ0v) is 10.5. The van der Waals surface area contributed by atoms with Gasteiger partial charge >= 0.3 is 0 Å². The highest BCUT2D eigenvalue weighted by atomic mass is 35.5. The molecule has 1 saturated heterocycles. The van der Waals surface area contributed by atoms with Crippen LogP contribution in [0.3, 0.4) is 0 Å². The number of hydrogen-bond acceptors (Lipinski definition) is 2. The van der Waals surface area contributed by atoms with Crippen molar-refractivity contribution in [1.82, 2.24) is 0 Å². The van der Waals surface area contributed by atoms with Gasteiger partial charge in [-0.25, -0.2) is 0 Å². The molecule has 2 N–H and O–H groups in total. The second-order valence-electron chi connectivity index (χ2n) is 4.23. The van der Waals surface area contributed by atoms with Crippen molar-refractivity contribution in [3.8, 4) is 0 Å². The van der Waals surface area contributed by atoms with Crippen LogP contribution in [0.25, 0.3) is 0 Å². The zero-order valence-electron chi connectivity index (χ0n) is 8.96. The Morgan fingerprint density at radius 2 is 2.19 bits per heavy atom. The molecule has 1 aromatic rings. The fraction of sp³-hybridized carbons (Fsp3) is 0.500. The fourth-order valence-corrected chi connectivity index (χ4v) is 2.40. The number of ether oxygens (including phenoxy) is 1. The smallest absolute Gasteiger partial charge is 0.0512 e. The molecular formula is C12H15Cl2NO. The minimum absolute atomic E-state index is 0.198. The highest BCUT2D eigenvalue weighted by Crippen LogP contribution is 2.25. The van der Waals surface area contributed by atoms with Crippen molar-refractivity contribution in [2.24, 2.45) is 11.7 Å². The van der Waals surface area contributed by atoms with Gasteiger partial charge in [-0.3, -0.25) is 0 Å². The molecule has 1 fully saturated rings. The van der Waals surface area contributed by atoms with Crippen LogP contribution in [-0.4, -0.2) is 19.3 Å². The Balaban J connectivity index is 2.10. The van der Waals surface area contributed by atoms with E-state index in [1.165, 1.54) is 0 Å². The average molecular weight is 260 g/mol. The van der Waals surface area contributed by atoms with Crippen LogP contribution in [0.5, 0.6) is 0 Å². The van der Waals surface area contributed by atoms with E-state index in [0.29, 0.717) is 17.5 Å². The minimum atomic E-state index is 0.198. The summed E-state index contributed by atoms with van der Waals surface area (Å²) in [7, 11) is 0. The van der Waals surface area contributed by atoms with Crippen molar-refractivity contribution in [2.75, 3.05) is 13.2 Å². The molecule has 1 heterocycles. The molecule has 1 aromatic carbocycles. The summed E-state index contributed by atoms with van der Waals surface area (Å²) in [5.74, 6) is 0.338. The highest BCUT2D eigenvalue weighted by molar-refractivity contribution is 6.33. The molecule has 1 aliphatic heterocycles. The van der Waals surface area contributed by atoms with Crippen molar-refractivity contribution in [3.63, 3.8) is 0 Å². The Kier molecular flexibility index (Phi) is 4.09. The lowest BCUT2D eigenvalue weighted by Gasteiger charge is -2.29. The van der Waals surface area contributed by atoms with Gasteiger partial charge in [0.25, 0.3) is 0 Å². The van der Waals surface area contributed by atoms with E-state index < -0.39 is 0 Å². The number of benzene rings is 1. The Labute approximate surface area is 106 Å². The standard InChI is InChI=1S/C12H15Cl2NO/c13-10-1-2-11(14)8(6-10)5-9-7-16-4-3-12(9)15/h1-2,6,9,12H,3-5,7,15H2. The summed E-state index contributed by atoms with van der Waals surface area (Å²) in [6.07, 6.45) is 1.75. The molecule has 2 atom stereocenters. The largest absolute Gasteiger partial charge is 0.381 e. The van der Waals surface area contributed by atoms with E-state index in [2.05, 4.69) is 0 Å². The summed E-state index contributed by atoms with van der Waals surface area (Å²) in [5.41, 5.74) is 7.11. The van der Waals surface area contributed by atoms with Crippen LogP contribution in [0.1, 0.15) is 12.0 Å². The summed E-state index contributed by atoms with van der Waals surface area (Å²) in [5, 5.41) is 1.46. The molecule has 0 radical (unpaired) electrons. The average Bonchev–Trinajstić information content (AvgIpc) is 2.27. The number of halogens is 2. The normalized spacial score (nSPS) is 25.7. The van der Waals surface area contributed by atoms with Gasteiger partial charge < -0.3 is 10.5 Å². The van der Waals surface area contributed by atoms with Crippen LogP contribution in [0.4, 0.5) is 0 Å². The van der Waals surface area contributed by atoms with Crippen molar-refractivity contribution in [2.45, 2.75) is 18.9 Å². The molecule has 0 saturated carbocycles. The maximum Gasteiger partial charge on any atom is 0.0512 e. The maximum absolute atomic E-state index is 6.12. The van der Waals surface area contributed by atoms with Crippen LogP contribution >= 0.6 is 23.2 Å². The van der Waals surface area contributed by atoms with Crippen LogP contribution in [0.15, 0.2) is 18.2 Å². The minimum Gasteiger partial charge on any atom is -0.381 e. The molecule has 0 bridgehead atoms. The van der Waals surface area contributed by atoms with Crippen LogP contribution in [0.2, 0.25) is 10.0 Å². The lowest BCUT2D eigenvalue weighted by atomic mass is 9.90. The SMILES string of the molecule is NC1CCOCC1Cc1cc(Cl)ccc1Cl. The van der Waals surface area contributed by atoms with Gasteiger partial charge in [0.05, 0.1) is 6.61 Å². The molecule has 2 rings (SSSR count). The van der Waals surface area contributed by atoms with Crippen molar-refractivity contribution in [1.29, 1.82) is 0 Å². The summed E-state index contributed by atoms with van der Waals surface area (Å²) in [6.45, 7) is 1.48. The number of nitrogens with two attached hydrogens (primary N) is 1. The first-order valence-electron chi connectivity index (χ1n) is 5.44. The van der Waals surface area contributed by atoms with E-state index in [4.69, 9.17) is 33.7 Å². The van der Waals surface area contributed by atoms with E-state index in [1.807, 2.05) is 12.1 Å². The predicted molar refractivity (Wildman–Crippen MR) is 67.1 cm³/mol. The van der Waals surface area contributed by atoms with Gasteiger partial charge in [-0.05, 0) is 36.6 Å². The lowest BCUT2D eigenvalue weighted by molar-refractivity contribution is 0.0422. The molecule has 2 unspecified atom stereocenters. The van der Waals surface area contributed by atoms with Gasteiger partial charge in [-0.2, -0.15) is 0 Å². The quantitative estimate of drug-likeness (QED) is 0.887. The third-order valence-corrected chi connectivity index (χ3v) is 3.63. The fourth-order valence-electron chi connectivity index (χ4n) is 2.01. The molecule has 2 nitrogen and oxygen atoms in total. The molecule has 0 aliphatic carbocycles. The second-order valence-corrected chi connectivity index (χ2v) is 5.07. The molecule has 1 aliphatic rings. The van der Waals surface area contributed by atoms with Gasteiger partial charge in [-0.1, -0.05) is 23.2 Å². The third kappa shape index (κ3) is 2.89. The Morgan fingerprint density at radius 3 is 2.94 bits per heavy atom. The molecule has 0 aromatic heterocycles. The lowest BCUT2D eigenvalue weighted by Crippen LogP contribution is -2.39. The zero-order chi connectivity index (χ0) is 11.5. The number of rotatable bonds is 2. The predicted octanol–water partition coefficient (Wildman–Crippen LogP) is 2.90. The Bertz CT molecular complexity index is 370. The molecular weight excluding hydrogens is 245 g/mol. The van der Waals surface area contributed by atoms with Crippen LogP contribution < -0.4 is 5.73 Å². The molecule has 88 valence electrons. The van der Waals surface area contributed by atoms with E-state index in [0.717, 1.165) is 30.0 Å². The Morgan fingerprint density at radius 1 is 1.38 bits per heavy atom. The van der Waals surface area contributed by atoms with E-state index in [9.17, 15) is 0 Å². The highest BCUT2D eigenvalue weighted by Gasteiger charge is 2.23. The molecule has 16 heavy (non-hydrogen) atoms. The van der Waals surface area contributed by atoms with Crippen molar-refractivity contribution < 1.29 is 4.74 Å². The van der Waals surface area contributed by atoms with E-state index in [1.54, 1.807) is 6.07 Å². The third-order valence-electron chi connectivity index (χ3n) is 3.02. The van der Waals surface area contributed by atoms with Crippen LogP contribution in [0, 0.1) is 5.92 Å². The van der Waals surface area contributed by atoms with E-state index >= 15 is 0 Å². The van der Waals surface area contributed by atoms with Crippen molar-refractivity contribution in [3.05, 3.63) is 33.8 Å². The molecule has 4 heteroatoms. The number of hydrogen-bond donors (Lipinski definition) is 1. The van der Waals surface area contributed by atoms with E-state index in [-0.39, 0.29) is 6.04 Å². The molecule has 0 spiro atoms. The summed E-state index contributed by atoms with van der Waals surface area (Å²) in [4.78, 5) is 0. The maximum atomic E-state index is 6.12.